The van der Waals surface area contributed by atoms with Gasteiger partial charge in [-0.15, -0.1) is 11.3 Å². The summed E-state index contributed by atoms with van der Waals surface area (Å²) in [4.78, 5) is 5.64. The summed E-state index contributed by atoms with van der Waals surface area (Å²) in [6.07, 6.45) is 4.17. The van der Waals surface area contributed by atoms with Gasteiger partial charge in [-0.05, 0) is 56.8 Å². The third-order valence-electron chi connectivity index (χ3n) is 3.77. The third kappa shape index (κ3) is 4.90. The maximum atomic E-state index is 3.42. The standard InChI is InChI=1S/C16H28N2S/c1-4-8-18(11-14-6-7-14)12-15-9-16(10-17-5-2)19-13(15)3/h9,14,17H,4-8,10-12H2,1-3H3. The van der Waals surface area contributed by atoms with Crippen LogP contribution in [-0.4, -0.2) is 24.5 Å². The minimum Gasteiger partial charge on any atom is -0.312 e. The molecular formula is C16H28N2S. The molecule has 108 valence electrons. The number of aryl methyl sites for hydroxylation is 1. The quantitative estimate of drug-likeness (QED) is 0.740. The Bertz CT molecular complexity index is 382. The van der Waals surface area contributed by atoms with Crippen molar-refractivity contribution in [2.75, 3.05) is 19.6 Å². The fourth-order valence-electron chi connectivity index (χ4n) is 2.54. The molecule has 2 nitrogen and oxygen atoms in total. The molecule has 0 spiro atoms. The van der Waals surface area contributed by atoms with Crippen molar-refractivity contribution in [3.8, 4) is 0 Å². The molecule has 19 heavy (non-hydrogen) atoms. The van der Waals surface area contributed by atoms with E-state index in [0.29, 0.717) is 0 Å². The maximum Gasteiger partial charge on any atom is 0.0299 e. The van der Waals surface area contributed by atoms with Crippen LogP contribution in [0.3, 0.4) is 0 Å². The van der Waals surface area contributed by atoms with Crippen LogP contribution in [0.25, 0.3) is 0 Å². The van der Waals surface area contributed by atoms with Gasteiger partial charge in [-0.2, -0.15) is 0 Å². The highest BCUT2D eigenvalue weighted by atomic mass is 32.1. The van der Waals surface area contributed by atoms with E-state index in [4.69, 9.17) is 0 Å². The van der Waals surface area contributed by atoms with E-state index in [9.17, 15) is 0 Å². The topological polar surface area (TPSA) is 15.3 Å². The molecule has 2 rings (SSSR count). The summed E-state index contributed by atoms with van der Waals surface area (Å²) in [5.41, 5.74) is 1.55. The van der Waals surface area contributed by atoms with Crippen LogP contribution < -0.4 is 5.32 Å². The molecule has 0 amide bonds. The zero-order valence-electron chi connectivity index (χ0n) is 12.7. The molecule has 0 atom stereocenters. The van der Waals surface area contributed by atoms with Gasteiger partial charge in [0.05, 0.1) is 0 Å². The second-order valence-electron chi connectivity index (χ2n) is 5.75. The lowest BCUT2D eigenvalue weighted by Crippen LogP contribution is -2.26. The van der Waals surface area contributed by atoms with Crippen LogP contribution in [-0.2, 0) is 13.1 Å². The Hall–Kier alpha value is -0.380. The van der Waals surface area contributed by atoms with E-state index in [1.54, 1.807) is 5.56 Å². The molecule has 0 saturated heterocycles. The zero-order chi connectivity index (χ0) is 13.7. The van der Waals surface area contributed by atoms with E-state index < -0.39 is 0 Å². The molecule has 1 N–H and O–H groups in total. The second-order valence-corrected chi connectivity index (χ2v) is 7.09. The molecule has 3 heteroatoms. The predicted molar refractivity (Wildman–Crippen MR) is 84.7 cm³/mol. The van der Waals surface area contributed by atoms with Gasteiger partial charge in [-0.25, -0.2) is 0 Å². The minimum atomic E-state index is 0.992. The SMILES string of the molecule is CCCN(Cc1cc(CNCC)sc1C)CC1CC1. The van der Waals surface area contributed by atoms with Gasteiger partial charge in [-0.3, -0.25) is 4.90 Å². The first kappa shape index (κ1) is 15.0. The summed E-state index contributed by atoms with van der Waals surface area (Å²) < 4.78 is 0. The van der Waals surface area contributed by atoms with E-state index in [0.717, 1.165) is 25.6 Å². The average Bonchev–Trinajstić information content (AvgIpc) is 3.12. The number of hydrogen-bond acceptors (Lipinski definition) is 3. The van der Waals surface area contributed by atoms with Crippen LogP contribution in [0.15, 0.2) is 6.07 Å². The van der Waals surface area contributed by atoms with Crippen molar-refractivity contribution < 1.29 is 0 Å². The van der Waals surface area contributed by atoms with Crippen LogP contribution >= 0.6 is 11.3 Å². The van der Waals surface area contributed by atoms with Crippen molar-refractivity contribution in [2.24, 2.45) is 5.92 Å². The summed E-state index contributed by atoms with van der Waals surface area (Å²) in [6, 6.07) is 2.41. The molecule has 0 radical (unpaired) electrons. The zero-order valence-corrected chi connectivity index (χ0v) is 13.5. The minimum absolute atomic E-state index is 0.992. The summed E-state index contributed by atoms with van der Waals surface area (Å²) in [5, 5.41) is 3.42. The van der Waals surface area contributed by atoms with Crippen molar-refractivity contribution in [2.45, 2.75) is 53.1 Å². The van der Waals surface area contributed by atoms with E-state index in [-0.39, 0.29) is 0 Å². The highest BCUT2D eigenvalue weighted by Gasteiger charge is 2.24. The lowest BCUT2D eigenvalue weighted by Gasteiger charge is -2.21. The highest BCUT2D eigenvalue weighted by molar-refractivity contribution is 7.12. The summed E-state index contributed by atoms with van der Waals surface area (Å²) in [5.74, 6) is 0.992. The molecule has 0 bridgehead atoms. The fourth-order valence-corrected chi connectivity index (χ4v) is 3.56. The second kappa shape index (κ2) is 7.41. The molecule has 1 aromatic rings. The molecule has 1 saturated carbocycles. The van der Waals surface area contributed by atoms with Crippen molar-refractivity contribution in [1.82, 2.24) is 10.2 Å². The molecule has 0 aliphatic heterocycles. The van der Waals surface area contributed by atoms with Crippen molar-refractivity contribution >= 4 is 11.3 Å². The molecule has 1 aromatic heterocycles. The fraction of sp³-hybridized carbons (Fsp3) is 0.750. The summed E-state index contributed by atoms with van der Waals surface area (Å²) in [7, 11) is 0. The van der Waals surface area contributed by atoms with Crippen LogP contribution in [0.4, 0.5) is 0 Å². The molecule has 1 fully saturated rings. The first-order valence-corrected chi connectivity index (χ1v) is 8.55. The van der Waals surface area contributed by atoms with E-state index in [1.165, 1.54) is 42.1 Å². The van der Waals surface area contributed by atoms with E-state index in [1.807, 2.05) is 11.3 Å². The Morgan fingerprint density at radius 3 is 2.79 bits per heavy atom. The van der Waals surface area contributed by atoms with Gasteiger partial charge in [-0.1, -0.05) is 13.8 Å². The lowest BCUT2D eigenvalue weighted by molar-refractivity contribution is 0.255. The Labute approximate surface area is 122 Å². The first-order valence-electron chi connectivity index (χ1n) is 7.74. The molecular weight excluding hydrogens is 252 g/mol. The average molecular weight is 280 g/mol. The molecule has 0 aromatic carbocycles. The Balaban J connectivity index is 1.92. The largest absolute Gasteiger partial charge is 0.312 e. The Morgan fingerprint density at radius 1 is 1.37 bits per heavy atom. The molecule has 1 aliphatic rings. The third-order valence-corrected chi connectivity index (χ3v) is 4.86. The van der Waals surface area contributed by atoms with Gasteiger partial charge in [0.1, 0.15) is 0 Å². The van der Waals surface area contributed by atoms with Gasteiger partial charge < -0.3 is 5.32 Å². The normalized spacial score (nSPS) is 15.4. The van der Waals surface area contributed by atoms with E-state index in [2.05, 4.69) is 37.1 Å². The molecule has 1 aliphatic carbocycles. The van der Waals surface area contributed by atoms with E-state index >= 15 is 0 Å². The predicted octanol–water partition coefficient (Wildman–Crippen LogP) is 3.79. The van der Waals surface area contributed by atoms with Crippen LogP contribution in [0.1, 0.15) is 48.4 Å². The van der Waals surface area contributed by atoms with Gasteiger partial charge in [0.25, 0.3) is 0 Å². The molecule has 0 unspecified atom stereocenters. The van der Waals surface area contributed by atoms with Gasteiger partial charge in [0.15, 0.2) is 0 Å². The highest BCUT2D eigenvalue weighted by Crippen LogP contribution is 2.31. The van der Waals surface area contributed by atoms with Gasteiger partial charge in [0.2, 0.25) is 0 Å². The number of nitrogens with one attached hydrogen (secondary N) is 1. The number of thiophene rings is 1. The van der Waals surface area contributed by atoms with Crippen molar-refractivity contribution in [3.63, 3.8) is 0 Å². The van der Waals surface area contributed by atoms with Gasteiger partial charge in [0, 0.05) is 29.4 Å². The maximum absolute atomic E-state index is 3.42. The Kier molecular flexibility index (Phi) is 5.86. The van der Waals surface area contributed by atoms with Gasteiger partial charge >= 0.3 is 0 Å². The van der Waals surface area contributed by atoms with Crippen LogP contribution in [0, 0.1) is 12.8 Å². The number of rotatable bonds is 9. The van der Waals surface area contributed by atoms with Crippen LogP contribution in [0.2, 0.25) is 0 Å². The van der Waals surface area contributed by atoms with Crippen molar-refractivity contribution in [3.05, 3.63) is 21.4 Å². The monoisotopic (exact) mass is 280 g/mol. The first-order chi connectivity index (χ1) is 9.22. The Morgan fingerprint density at radius 2 is 2.16 bits per heavy atom. The summed E-state index contributed by atoms with van der Waals surface area (Å²) in [6.45, 7) is 12.5. The summed E-state index contributed by atoms with van der Waals surface area (Å²) >= 11 is 1.96. The molecule has 1 heterocycles. The number of nitrogens with zero attached hydrogens (tertiary/aromatic N) is 1. The lowest BCUT2D eigenvalue weighted by atomic mass is 10.2. The van der Waals surface area contributed by atoms with Crippen molar-refractivity contribution in [1.29, 1.82) is 0 Å². The number of hydrogen-bond donors (Lipinski definition) is 1. The smallest absolute Gasteiger partial charge is 0.0299 e. The van der Waals surface area contributed by atoms with Crippen LogP contribution in [0.5, 0.6) is 0 Å².